The van der Waals surface area contributed by atoms with Gasteiger partial charge in [0.25, 0.3) is 0 Å². The molecule has 0 aliphatic carbocycles. The highest BCUT2D eigenvalue weighted by Gasteiger charge is 1.82. The van der Waals surface area contributed by atoms with E-state index in [1.54, 1.807) is 6.21 Å². The molecule has 0 bridgehead atoms. The van der Waals surface area contributed by atoms with Gasteiger partial charge in [0.15, 0.2) is 0 Å². The molecule has 1 N–H and O–H groups in total. The van der Waals surface area contributed by atoms with Crippen molar-refractivity contribution in [2.75, 3.05) is 0 Å². The number of hydrogen-bond acceptors (Lipinski definition) is 3. The predicted octanol–water partition coefficient (Wildman–Crippen LogP) is 0.527. The van der Waals surface area contributed by atoms with Gasteiger partial charge in [0.1, 0.15) is 6.33 Å². The molecule has 0 amide bonds. The van der Waals surface area contributed by atoms with Gasteiger partial charge in [0.2, 0.25) is 5.95 Å². The van der Waals surface area contributed by atoms with E-state index in [0.717, 1.165) is 0 Å². The Hall–Kier alpha value is -1.19. The van der Waals surface area contributed by atoms with Crippen molar-refractivity contribution < 1.29 is 0 Å². The van der Waals surface area contributed by atoms with E-state index in [0.29, 0.717) is 5.95 Å². The first-order valence-electron chi connectivity index (χ1n) is 2.27. The number of aromatic amines is 1. The van der Waals surface area contributed by atoms with E-state index in [-0.39, 0.29) is 0 Å². The van der Waals surface area contributed by atoms with Crippen molar-refractivity contribution in [3.63, 3.8) is 0 Å². The van der Waals surface area contributed by atoms with Crippen LogP contribution in [0.15, 0.2) is 11.3 Å². The van der Waals surface area contributed by atoms with Crippen LogP contribution in [0.3, 0.4) is 0 Å². The van der Waals surface area contributed by atoms with E-state index in [1.165, 1.54) is 6.33 Å². The maximum Gasteiger partial charge on any atom is 0.244 e. The molecule has 4 nitrogen and oxygen atoms in total. The van der Waals surface area contributed by atoms with Crippen LogP contribution in [0.2, 0.25) is 0 Å². The van der Waals surface area contributed by atoms with E-state index >= 15 is 0 Å². The van der Waals surface area contributed by atoms with Crippen molar-refractivity contribution in [1.29, 1.82) is 0 Å². The molecule has 0 saturated heterocycles. The molecule has 0 aliphatic heterocycles. The number of H-pyrrole nitrogens is 1. The molecule has 42 valence electrons. The molecule has 0 atom stereocenters. The fourth-order valence-corrected chi connectivity index (χ4v) is 0.384. The summed E-state index contributed by atoms with van der Waals surface area (Å²) in [5.41, 5.74) is 0. The highest BCUT2D eigenvalue weighted by molar-refractivity contribution is 5.56. The lowest BCUT2D eigenvalue weighted by molar-refractivity contribution is 1.08. The Kier molecular flexibility index (Phi) is 1.37. The van der Waals surface area contributed by atoms with E-state index in [9.17, 15) is 0 Å². The molecule has 0 radical (unpaired) electrons. The molecule has 1 aromatic heterocycles. The first kappa shape index (κ1) is 4.96. The third kappa shape index (κ3) is 0.900. The second-order valence-electron chi connectivity index (χ2n) is 1.20. The van der Waals surface area contributed by atoms with Crippen molar-refractivity contribution in [2.45, 2.75) is 6.92 Å². The van der Waals surface area contributed by atoms with E-state index in [1.807, 2.05) is 6.92 Å². The zero-order valence-corrected chi connectivity index (χ0v) is 4.50. The highest BCUT2D eigenvalue weighted by Crippen LogP contribution is 1.94. The molecule has 0 fully saturated rings. The Morgan fingerprint density at radius 3 is 3.25 bits per heavy atom. The van der Waals surface area contributed by atoms with Crippen molar-refractivity contribution in [1.82, 2.24) is 15.2 Å². The third-order valence-electron chi connectivity index (χ3n) is 0.654. The summed E-state index contributed by atoms with van der Waals surface area (Å²) < 4.78 is 0. The Labute approximate surface area is 46.7 Å². The van der Waals surface area contributed by atoms with Crippen LogP contribution in [0.5, 0.6) is 0 Å². The van der Waals surface area contributed by atoms with Crippen molar-refractivity contribution >= 4 is 12.2 Å². The van der Waals surface area contributed by atoms with Crippen LogP contribution in [0.25, 0.3) is 0 Å². The average Bonchev–Trinajstić information content (AvgIpc) is 2.19. The largest absolute Gasteiger partial charge is 0.244 e. The summed E-state index contributed by atoms with van der Waals surface area (Å²) in [6.45, 7) is 1.82. The average molecular weight is 110 g/mol. The summed E-state index contributed by atoms with van der Waals surface area (Å²) in [6.07, 6.45) is 3.07. The van der Waals surface area contributed by atoms with Gasteiger partial charge in [-0.3, -0.25) is 0 Å². The summed E-state index contributed by atoms with van der Waals surface area (Å²) >= 11 is 0. The molecular weight excluding hydrogens is 104 g/mol. The normalized spacial score (nSPS) is 10.6. The van der Waals surface area contributed by atoms with E-state index in [2.05, 4.69) is 20.2 Å². The van der Waals surface area contributed by atoms with E-state index in [4.69, 9.17) is 0 Å². The highest BCUT2D eigenvalue weighted by atomic mass is 15.2. The minimum Gasteiger partial charge on any atom is -0.244 e. The zero-order valence-electron chi connectivity index (χ0n) is 4.50. The molecule has 4 heteroatoms. The number of aromatic nitrogens is 3. The van der Waals surface area contributed by atoms with Crippen molar-refractivity contribution in [3.8, 4) is 0 Å². The minimum atomic E-state index is 0.549. The Bertz CT molecular complexity index is 164. The molecule has 1 heterocycles. The smallest absolute Gasteiger partial charge is 0.244 e. The van der Waals surface area contributed by atoms with Gasteiger partial charge >= 0.3 is 0 Å². The summed E-state index contributed by atoms with van der Waals surface area (Å²) in [5.74, 6) is 0.549. The first-order valence-corrected chi connectivity index (χ1v) is 2.27. The van der Waals surface area contributed by atoms with Gasteiger partial charge in [0.05, 0.1) is 0 Å². The van der Waals surface area contributed by atoms with Gasteiger partial charge in [-0.25, -0.2) is 10.1 Å². The first-order chi connectivity index (χ1) is 3.93. The predicted molar refractivity (Wildman–Crippen MR) is 30.2 cm³/mol. The van der Waals surface area contributed by atoms with Crippen molar-refractivity contribution in [3.05, 3.63) is 6.33 Å². The Morgan fingerprint density at radius 1 is 1.88 bits per heavy atom. The second kappa shape index (κ2) is 2.20. The molecule has 0 aliphatic rings. The summed E-state index contributed by atoms with van der Waals surface area (Å²) in [5, 5.41) is 6.17. The molecule has 0 spiro atoms. The number of nitrogens with one attached hydrogen (secondary N) is 1. The van der Waals surface area contributed by atoms with Gasteiger partial charge < -0.3 is 0 Å². The maximum atomic E-state index is 3.81. The standard InChI is InChI=1S/C4H6N4/c1-2-5-4-6-3-7-8-4/h2-3H,1H3,(H,6,7,8). The SMILES string of the molecule is CC=Nc1ncn[nH]1. The summed E-state index contributed by atoms with van der Waals surface area (Å²) in [7, 11) is 0. The number of rotatable bonds is 1. The third-order valence-corrected chi connectivity index (χ3v) is 0.654. The Morgan fingerprint density at radius 2 is 2.75 bits per heavy atom. The molecular formula is C4H6N4. The Balaban J connectivity index is 2.77. The van der Waals surface area contributed by atoms with Crippen LogP contribution in [-0.2, 0) is 0 Å². The number of nitrogens with zero attached hydrogens (tertiary/aromatic N) is 3. The van der Waals surface area contributed by atoms with Crippen LogP contribution < -0.4 is 0 Å². The molecule has 8 heavy (non-hydrogen) atoms. The van der Waals surface area contributed by atoms with Crippen molar-refractivity contribution in [2.24, 2.45) is 4.99 Å². The number of aliphatic imine (C=N–C) groups is 1. The lowest BCUT2D eigenvalue weighted by Gasteiger charge is -1.74. The van der Waals surface area contributed by atoms with Crippen LogP contribution in [0, 0.1) is 0 Å². The molecule has 0 aromatic carbocycles. The number of hydrogen-bond donors (Lipinski definition) is 1. The van der Waals surface area contributed by atoms with Gasteiger partial charge in [0, 0.05) is 6.21 Å². The molecule has 1 aromatic rings. The molecule has 0 saturated carbocycles. The monoisotopic (exact) mass is 110 g/mol. The van der Waals surface area contributed by atoms with Crippen LogP contribution in [0.4, 0.5) is 5.95 Å². The van der Waals surface area contributed by atoms with Gasteiger partial charge in [-0.2, -0.15) is 10.1 Å². The van der Waals surface area contributed by atoms with Crippen LogP contribution in [-0.4, -0.2) is 21.4 Å². The van der Waals surface area contributed by atoms with E-state index < -0.39 is 0 Å². The minimum absolute atomic E-state index is 0.549. The fraction of sp³-hybridized carbons (Fsp3) is 0.250. The van der Waals surface area contributed by atoms with Gasteiger partial charge in [-0.05, 0) is 6.92 Å². The summed E-state index contributed by atoms with van der Waals surface area (Å²) in [6, 6.07) is 0. The van der Waals surface area contributed by atoms with Crippen LogP contribution in [0.1, 0.15) is 6.92 Å². The topological polar surface area (TPSA) is 53.9 Å². The quantitative estimate of drug-likeness (QED) is 0.536. The maximum absolute atomic E-state index is 3.81. The summed E-state index contributed by atoms with van der Waals surface area (Å²) in [4.78, 5) is 7.55. The van der Waals surface area contributed by atoms with Gasteiger partial charge in [-0.15, -0.1) is 0 Å². The fourth-order valence-electron chi connectivity index (χ4n) is 0.384. The lowest BCUT2D eigenvalue weighted by Crippen LogP contribution is -1.65. The zero-order chi connectivity index (χ0) is 5.82. The molecule has 0 unspecified atom stereocenters. The van der Waals surface area contributed by atoms with Gasteiger partial charge in [-0.1, -0.05) is 0 Å². The molecule has 1 rings (SSSR count). The lowest BCUT2D eigenvalue weighted by atomic mass is 10.9. The second-order valence-corrected chi connectivity index (χ2v) is 1.20. The van der Waals surface area contributed by atoms with Crippen LogP contribution >= 0.6 is 0 Å².